The van der Waals surface area contributed by atoms with Gasteiger partial charge in [-0.1, -0.05) is 72.8 Å². The SMILES string of the molecule is C=CCc1cc2ccccc2c(-c2c(N(CC=C)S(C)(=O)=O)c(CC=C)cc3ccccc23)c1N(CC=C)S(C)(=O)=O. The Bertz CT molecular complexity index is 1790. The van der Waals surface area contributed by atoms with Crippen molar-refractivity contribution in [2.75, 3.05) is 34.2 Å². The molecular formula is C34H36N2O4S2. The fourth-order valence-corrected chi connectivity index (χ4v) is 7.34. The van der Waals surface area contributed by atoms with Crippen molar-refractivity contribution < 1.29 is 16.8 Å². The second-order valence-electron chi connectivity index (χ2n) is 10.1. The highest BCUT2D eigenvalue weighted by Crippen LogP contribution is 2.50. The van der Waals surface area contributed by atoms with Gasteiger partial charge in [0.1, 0.15) is 0 Å². The number of allylic oxidation sites excluding steroid dienone is 2. The van der Waals surface area contributed by atoms with Crippen LogP contribution >= 0.6 is 0 Å². The van der Waals surface area contributed by atoms with Crippen molar-refractivity contribution in [2.45, 2.75) is 12.8 Å². The molecule has 0 aromatic heterocycles. The van der Waals surface area contributed by atoms with Crippen LogP contribution < -0.4 is 8.61 Å². The molecule has 0 aliphatic carbocycles. The number of fused-ring (bicyclic) bond motifs is 2. The molecule has 0 aliphatic rings. The van der Waals surface area contributed by atoms with Crippen LogP contribution in [0.25, 0.3) is 32.7 Å². The first-order valence-corrected chi connectivity index (χ1v) is 17.2. The van der Waals surface area contributed by atoms with E-state index in [9.17, 15) is 16.8 Å². The van der Waals surface area contributed by atoms with E-state index in [0.29, 0.717) is 35.3 Å². The summed E-state index contributed by atoms with van der Waals surface area (Å²) in [6.07, 6.45) is 9.67. The molecule has 0 N–H and O–H groups in total. The molecule has 0 unspecified atom stereocenters. The Morgan fingerprint density at radius 2 is 0.952 bits per heavy atom. The van der Waals surface area contributed by atoms with Crippen LogP contribution in [0.5, 0.6) is 0 Å². The van der Waals surface area contributed by atoms with Gasteiger partial charge in [-0.05, 0) is 57.6 Å². The molecule has 4 aromatic carbocycles. The highest BCUT2D eigenvalue weighted by Gasteiger charge is 2.31. The van der Waals surface area contributed by atoms with Crippen molar-refractivity contribution in [3.8, 4) is 11.1 Å². The summed E-state index contributed by atoms with van der Waals surface area (Å²) in [5, 5.41) is 3.34. The van der Waals surface area contributed by atoms with Gasteiger partial charge in [0.15, 0.2) is 0 Å². The number of sulfonamides is 2. The summed E-state index contributed by atoms with van der Waals surface area (Å²) < 4.78 is 56.4. The van der Waals surface area contributed by atoms with Crippen LogP contribution in [0.15, 0.2) is 111 Å². The van der Waals surface area contributed by atoms with Crippen LogP contribution in [0.2, 0.25) is 0 Å². The molecule has 0 atom stereocenters. The highest BCUT2D eigenvalue weighted by molar-refractivity contribution is 7.92. The summed E-state index contributed by atoms with van der Waals surface area (Å²) in [4.78, 5) is 0. The normalized spacial score (nSPS) is 11.8. The minimum atomic E-state index is -3.80. The first kappa shape index (κ1) is 30.8. The maximum absolute atomic E-state index is 13.4. The first-order chi connectivity index (χ1) is 20.0. The fourth-order valence-electron chi connectivity index (χ4n) is 5.51. The zero-order valence-electron chi connectivity index (χ0n) is 24.1. The minimum Gasteiger partial charge on any atom is -0.266 e. The molecule has 0 radical (unpaired) electrons. The molecule has 0 saturated heterocycles. The summed E-state index contributed by atoms with van der Waals surface area (Å²) in [7, 11) is -7.60. The molecule has 6 nitrogen and oxygen atoms in total. The van der Waals surface area contributed by atoms with E-state index in [0.717, 1.165) is 32.7 Å². The minimum absolute atomic E-state index is 0.0242. The zero-order chi connectivity index (χ0) is 30.7. The van der Waals surface area contributed by atoms with E-state index >= 15 is 0 Å². The molecule has 0 fully saturated rings. The Kier molecular flexibility index (Phi) is 9.09. The number of hydrogen-bond donors (Lipinski definition) is 0. The monoisotopic (exact) mass is 600 g/mol. The van der Waals surface area contributed by atoms with E-state index in [1.807, 2.05) is 60.7 Å². The van der Waals surface area contributed by atoms with Crippen molar-refractivity contribution in [1.82, 2.24) is 0 Å². The summed E-state index contributed by atoms with van der Waals surface area (Å²) in [6, 6.07) is 19.4. The van der Waals surface area contributed by atoms with Crippen LogP contribution in [-0.2, 0) is 32.9 Å². The Balaban J connectivity index is 2.43. The van der Waals surface area contributed by atoms with Gasteiger partial charge >= 0.3 is 0 Å². The number of anilines is 2. The van der Waals surface area contributed by atoms with Crippen LogP contribution in [0.3, 0.4) is 0 Å². The van der Waals surface area contributed by atoms with Crippen LogP contribution in [0.4, 0.5) is 11.4 Å². The van der Waals surface area contributed by atoms with E-state index in [-0.39, 0.29) is 13.1 Å². The van der Waals surface area contributed by atoms with Crippen molar-refractivity contribution in [1.29, 1.82) is 0 Å². The molecule has 8 heteroatoms. The maximum atomic E-state index is 13.4. The molecule has 0 bridgehead atoms. The highest BCUT2D eigenvalue weighted by atomic mass is 32.2. The maximum Gasteiger partial charge on any atom is 0.232 e. The van der Waals surface area contributed by atoms with Gasteiger partial charge in [0.25, 0.3) is 0 Å². The lowest BCUT2D eigenvalue weighted by Crippen LogP contribution is -2.33. The van der Waals surface area contributed by atoms with E-state index in [4.69, 9.17) is 0 Å². The average Bonchev–Trinajstić information content (AvgIpc) is 2.93. The van der Waals surface area contributed by atoms with Crippen molar-refractivity contribution in [2.24, 2.45) is 0 Å². The summed E-state index contributed by atoms with van der Waals surface area (Å²) in [5.41, 5.74) is 3.64. The Morgan fingerprint density at radius 3 is 1.26 bits per heavy atom. The van der Waals surface area contributed by atoms with Gasteiger partial charge in [0.05, 0.1) is 37.0 Å². The van der Waals surface area contributed by atoms with E-state index in [1.165, 1.54) is 21.1 Å². The number of rotatable bonds is 13. The summed E-state index contributed by atoms with van der Waals surface area (Å²) >= 11 is 0. The largest absolute Gasteiger partial charge is 0.266 e. The second kappa shape index (κ2) is 12.4. The molecule has 0 saturated carbocycles. The lowest BCUT2D eigenvalue weighted by Gasteiger charge is -2.32. The van der Waals surface area contributed by atoms with Gasteiger partial charge in [-0.25, -0.2) is 16.8 Å². The van der Waals surface area contributed by atoms with E-state index in [1.54, 1.807) is 24.3 Å². The third-order valence-corrected chi connectivity index (χ3v) is 9.33. The first-order valence-electron chi connectivity index (χ1n) is 13.5. The molecular weight excluding hydrogens is 565 g/mol. The fraction of sp³-hybridized carbons (Fsp3) is 0.176. The van der Waals surface area contributed by atoms with E-state index in [2.05, 4.69) is 26.3 Å². The van der Waals surface area contributed by atoms with Gasteiger partial charge in [-0.3, -0.25) is 8.61 Å². The predicted octanol–water partition coefficient (Wildman–Crippen LogP) is 7.02. The Morgan fingerprint density at radius 1 is 0.595 bits per heavy atom. The van der Waals surface area contributed by atoms with Gasteiger partial charge < -0.3 is 0 Å². The summed E-state index contributed by atoms with van der Waals surface area (Å²) in [6.45, 7) is 15.6. The second-order valence-corrected chi connectivity index (χ2v) is 13.9. The van der Waals surface area contributed by atoms with Crippen molar-refractivity contribution in [3.05, 3.63) is 122 Å². The van der Waals surface area contributed by atoms with E-state index < -0.39 is 20.0 Å². The van der Waals surface area contributed by atoms with Gasteiger partial charge in [0, 0.05) is 11.1 Å². The van der Waals surface area contributed by atoms with Gasteiger partial charge in [-0.2, -0.15) is 0 Å². The van der Waals surface area contributed by atoms with Crippen LogP contribution in [-0.4, -0.2) is 42.4 Å². The van der Waals surface area contributed by atoms with Gasteiger partial charge in [-0.15, -0.1) is 26.3 Å². The topological polar surface area (TPSA) is 74.8 Å². The smallest absolute Gasteiger partial charge is 0.232 e. The average molecular weight is 601 g/mol. The molecule has 0 heterocycles. The number of hydrogen-bond acceptors (Lipinski definition) is 4. The third-order valence-electron chi connectivity index (χ3n) is 7.07. The third kappa shape index (κ3) is 5.91. The van der Waals surface area contributed by atoms with Crippen molar-refractivity contribution >= 4 is 53.0 Å². The van der Waals surface area contributed by atoms with Crippen LogP contribution in [0.1, 0.15) is 11.1 Å². The molecule has 4 aromatic rings. The Hall–Kier alpha value is -4.14. The standard InChI is InChI=1S/C34H36N2O4S2/c1-7-15-27-23-25-17-11-13-19-29(25)31(33(27)35(21-9-3)41(5,37)38)32-30-20-14-12-18-26(30)24-28(16-8-2)34(32)36(22-10-4)42(6,39)40/h7-14,17-20,23-24H,1-4,15-16,21-22H2,5-6H3. The zero-order valence-corrected chi connectivity index (χ0v) is 25.7. The lowest BCUT2D eigenvalue weighted by atomic mass is 9.86. The lowest BCUT2D eigenvalue weighted by molar-refractivity contribution is 0.596. The Labute approximate surface area is 249 Å². The molecule has 0 spiro atoms. The number of benzene rings is 4. The van der Waals surface area contributed by atoms with Gasteiger partial charge in [0.2, 0.25) is 20.0 Å². The molecule has 218 valence electrons. The van der Waals surface area contributed by atoms with Crippen LogP contribution in [0, 0.1) is 0 Å². The molecule has 4 rings (SSSR count). The quantitative estimate of drug-likeness (QED) is 0.155. The predicted molar refractivity (Wildman–Crippen MR) is 179 cm³/mol. The molecule has 0 aliphatic heterocycles. The molecule has 42 heavy (non-hydrogen) atoms. The summed E-state index contributed by atoms with van der Waals surface area (Å²) in [5.74, 6) is 0. The number of nitrogens with zero attached hydrogens (tertiary/aromatic N) is 2. The van der Waals surface area contributed by atoms with Crippen molar-refractivity contribution in [3.63, 3.8) is 0 Å². The molecule has 0 amide bonds.